The highest BCUT2D eigenvalue weighted by molar-refractivity contribution is 5.85. The number of hydrogen-bond acceptors (Lipinski definition) is 3. The number of likely N-dealkylation sites (tertiary alicyclic amines) is 1. The Hall–Kier alpha value is -1.17. The summed E-state index contributed by atoms with van der Waals surface area (Å²) in [5.74, 6) is -0.127. The van der Waals surface area contributed by atoms with Crippen LogP contribution in [-0.4, -0.2) is 37.0 Å². The maximum Gasteiger partial charge on any atom is 0.224 e. The third kappa shape index (κ3) is 5.26. The standard InChI is InChI=1S/C15H22FN3O.ClH/c16-14-6-2-1-4-12(14)10-19-9-3-5-13(11-19)15(20)18-8-7-17;/h1-2,4,6,13H,3,5,7-11,17H2,(H,18,20);1H. The van der Waals surface area contributed by atoms with Crippen molar-refractivity contribution in [3.8, 4) is 0 Å². The quantitative estimate of drug-likeness (QED) is 0.866. The van der Waals surface area contributed by atoms with Gasteiger partial charge in [0.25, 0.3) is 0 Å². The number of carbonyl (C=O) groups is 1. The van der Waals surface area contributed by atoms with Crippen LogP contribution in [0, 0.1) is 11.7 Å². The molecule has 0 aromatic heterocycles. The first-order valence-corrected chi connectivity index (χ1v) is 7.14. The summed E-state index contributed by atoms with van der Waals surface area (Å²) in [5, 5.41) is 2.83. The maximum absolute atomic E-state index is 13.6. The first-order chi connectivity index (χ1) is 9.70. The van der Waals surface area contributed by atoms with Crippen LogP contribution in [0.2, 0.25) is 0 Å². The summed E-state index contributed by atoms with van der Waals surface area (Å²) in [7, 11) is 0. The Balaban J connectivity index is 0.00000220. The van der Waals surface area contributed by atoms with E-state index in [0.717, 1.165) is 19.4 Å². The molecular formula is C15H23ClFN3O. The molecule has 0 radical (unpaired) electrons. The Kier molecular flexibility index (Phi) is 7.64. The molecule has 1 heterocycles. The first kappa shape index (κ1) is 17.9. The van der Waals surface area contributed by atoms with E-state index in [0.29, 0.717) is 31.7 Å². The van der Waals surface area contributed by atoms with Crippen molar-refractivity contribution < 1.29 is 9.18 Å². The van der Waals surface area contributed by atoms with E-state index in [2.05, 4.69) is 10.2 Å². The normalized spacial score (nSPS) is 18.9. The number of hydrogen-bond donors (Lipinski definition) is 2. The number of halogens is 2. The number of piperidine rings is 1. The molecule has 1 unspecified atom stereocenters. The molecule has 3 N–H and O–H groups in total. The molecule has 1 atom stereocenters. The van der Waals surface area contributed by atoms with Crippen molar-refractivity contribution in [3.05, 3.63) is 35.6 Å². The van der Waals surface area contributed by atoms with E-state index in [9.17, 15) is 9.18 Å². The average molecular weight is 316 g/mol. The molecule has 1 aliphatic heterocycles. The summed E-state index contributed by atoms with van der Waals surface area (Å²) < 4.78 is 13.6. The largest absolute Gasteiger partial charge is 0.355 e. The van der Waals surface area contributed by atoms with Crippen molar-refractivity contribution in [2.75, 3.05) is 26.2 Å². The van der Waals surface area contributed by atoms with Crippen molar-refractivity contribution in [1.82, 2.24) is 10.2 Å². The molecule has 21 heavy (non-hydrogen) atoms. The first-order valence-electron chi connectivity index (χ1n) is 7.14. The fourth-order valence-electron chi connectivity index (χ4n) is 2.62. The Morgan fingerprint density at radius 2 is 2.19 bits per heavy atom. The van der Waals surface area contributed by atoms with Crippen LogP contribution in [0.3, 0.4) is 0 Å². The van der Waals surface area contributed by atoms with E-state index >= 15 is 0 Å². The molecular weight excluding hydrogens is 293 g/mol. The molecule has 118 valence electrons. The summed E-state index contributed by atoms with van der Waals surface area (Å²) >= 11 is 0. The van der Waals surface area contributed by atoms with Gasteiger partial charge in [-0.3, -0.25) is 9.69 Å². The van der Waals surface area contributed by atoms with E-state index in [1.807, 2.05) is 6.07 Å². The molecule has 1 aromatic carbocycles. The third-order valence-electron chi connectivity index (χ3n) is 3.67. The molecule has 6 heteroatoms. The van der Waals surface area contributed by atoms with Crippen molar-refractivity contribution >= 4 is 18.3 Å². The average Bonchev–Trinajstić information content (AvgIpc) is 2.47. The van der Waals surface area contributed by atoms with Gasteiger partial charge in [-0.05, 0) is 25.5 Å². The highest BCUT2D eigenvalue weighted by Crippen LogP contribution is 2.19. The molecule has 0 aliphatic carbocycles. The molecule has 2 rings (SSSR count). The maximum atomic E-state index is 13.6. The van der Waals surface area contributed by atoms with Gasteiger partial charge in [-0.25, -0.2) is 4.39 Å². The Morgan fingerprint density at radius 1 is 1.43 bits per heavy atom. The lowest BCUT2D eigenvalue weighted by molar-refractivity contribution is -0.126. The highest BCUT2D eigenvalue weighted by atomic mass is 35.5. The third-order valence-corrected chi connectivity index (χ3v) is 3.67. The number of amides is 1. The van der Waals surface area contributed by atoms with Crippen LogP contribution in [-0.2, 0) is 11.3 Å². The zero-order valence-electron chi connectivity index (χ0n) is 12.1. The minimum absolute atomic E-state index is 0. The van der Waals surface area contributed by atoms with Gasteiger partial charge in [0.2, 0.25) is 5.91 Å². The topological polar surface area (TPSA) is 58.4 Å². The van der Waals surface area contributed by atoms with Crippen LogP contribution in [0.15, 0.2) is 24.3 Å². The van der Waals surface area contributed by atoms with Crippen molar-refractivity contribution in [2.24, 2.45) is 11.7 Å². The number of nitrogens with one attached hydrogen (secondary N) is 1. The highest BCUT2D eigenvalue weighted by Gasteiger charge is 2.25. The van der Waals surface area contributed by atoms with Crippen molar-refractivity contribution in [3.63, 3.8) is 0 Å². The summed E-state index contributed by atoms with van der Waals surface area (Å²) in [6.07, 6.45) is 1.86. The zero-order valence-corrected chi connectivity index (χ0v) is 12.9. The minimum atomic E-state index is -0.179. The SMILES string of the molecule is Cl.NCCNC(=O)C1CCCN(Cc2ccccc2F)C1. The minimum Gasteiger partial charge on any atom is -0.355 e. The van der Waals surface area contributed by atoms with E-state index in [-0.39, 0.29) is 30.0 Å². The van der Waals surface area contributed by atoms with Gasteiger partial charge >= 0.3 is 0 Å². The van der Waals surface area contributed by atoms with Gasteiger partial charge in [-0.15, -0.1) is 12.4 Å². The van der Waals surface area contributed by atoms with Crippen LogP contribution in [0.4, 0.5) is 4.39 Å². The van der Waals surface area contributed by atoms with Crippen LogP contribution in [0.1, 0.15) is 18.4 Å². The second-order valence-electron chi connectivity index (χ2n) is 5.25. The molecule has 1 amide bonds. The Bertz CT molecular complexity index is 458. The van der Waals surface area contributed by atoms with Gasteiger partial charge in [-0.1, -0.05) is 18.2 Å². The van der Waals surface area contributed by atoms with Gasteiger partial charge in [-0.2, -0.15) is 0 Å². The number of carbonyl (C=O) groups excluding carboxylic acids is 1. The zero-order chi connectivity index (χ0) is 14.4. The van der Waals surface area contributed by atoms with Gasteiger partial charge in [0.05, 0.1) is 5.92 Å². The monoisotopic (exact) mass is 315 g/mol. The lowest BCUT2D eigenvalue weighted by Crippen LogP contribution is -2.43. The molecule has 1 fully saturated rings. The fraction of sp³-hybridized carbons (Fsp3) is 0.533. The molecule has 1 aromatic rings. The Morgan fingerprint density at radius 3 is 2.90 bits per heavy atom. The number of rotatable bonds is 5. The number of benzene rings is 1. The summed E-state index contributed by atoms with van der Waals surface area (Å²) in [6.45, 7) is 3.13. The molecule has 1 aliphatic rings. The molecule has 0 saturated carbocycles. The summed E-state index contributed by atoms with van der Waals surface area (Å²) in [6, 6.07) is 6.81. The lowest BCUT2D eigenvalue weighted by atomic mass is 9.96. The van der Waals surface area contributed by atoms with Crippen LogP contribution >= 0.6 is 12.4 Å². The van der Waals surface area contributed by atoms with Gasteiger partial charge in [0, 0.05) is 31.7 Å². The van der Waals surface area contributed by atoms with Crippen LogP contribution in [0.25, 0.3) is 0 Å². The van der Waals surface area contributed by atoms with Gasteiger partial charge in [0.1, 0.15) is 5.82 Å². The second kappa shape index (κ2) is 8.97. The summed E-state index contributed by atoms with van der Waals surface area (Å²) in [5.41, 5.74) is 6.08. The van der Waals surface area contributed by atoms with Crippen LogP contribution < -0.4 is 11.1 Å². The number of nitrogens with two attached hydrogens (primary N) is 1. The Labute approximate surface area is 131 Å². The lowest BCUT2D eigenvalue weighted by Gasteiger charge is -2.32. The van der Waals surface area contributed by atoms with Gasteiger partial charge in [0.15, 0.2) is 0 Å². The smallest absolute Gasteiger partial charge is 0.224 e. The second-order valence-corrected chi connectivity index (χ2v) is 5.25. The van der Waals surface area contributed by atoms with E-state index in [1.165, 1.54) is 6.07 Å². The fourth-order valence-corrected chi connectivity index (χ4v) is 2.62. The number of nitrogens with zero attached hydrogens (tertiary/aromatic N) is 1. The predicted octanol–water partition coefficient (Wildman–Crippen LogP) is 1.53. The molecule has 1 saturated heterocycles. The van der Waals surface area contributed by atoms with Crippen molar-refractivity contribution in [2.45, 2.75) is 19.4 Å². The molecule has 4 nitrogen and oxygen atoms in total. The van der Waals surface area contributed by atoms with E-state index in [4.69, 9.17) is 5.73 Å². The van der Waals surface area contributed by atoms with Crippen LogP contribution in [0.5, 0.6) is 0 Å². The van der Waals surface area contributed by atoms with Gasteiger partial charge < -0.3 is 11.1 Å². The summed E-state index contributed by atoms with van der Waals surface area (Å²) in [4.78, 5) is 14.1. The molecule has 0 spiro atoms. The predicted molar refractivity (Wildman–Crippen MR) is 83.7 cm³/mol. The molecule has 0 bridgehead atoms. The van der Waals surface area contributed by atoms with E-state index in [1.54, 1.807) is 12.1 Å². The van der Waals surface area contributed by atoms with Crippen molar-refractivity contribution in [1.29, 1.82) is 0 Å². The van der Waals surface area contributed by atoms with E-state index < -0.39 is 0 Å².